The first-order valence-corrected chi connectivity index (χ1v) is 6.77. The topological polar surface area (TPSA) is 104 Å². The van der Waals surface area contributed by atoms with Gasteiger partial charge in [-0.15, -0.1) is 11.3 Å². The van der Waals surface area contributed by atoms with Crippen molar-refractivity contribution in [3.8, 4) is 6.07 Å². The van der Waals surface area contributed by atoms with Crippen LogP contribution in [0.25, 0.3) is 0 Å². The van der Waals surface area contributed by atoms with Gasteiger partial charge in [0.2, 0.25) is 0 Å². The van der Waals surface area contributed by atoms with Crippen molar-refractivity contribution in [3.05, 3.63) is 16.0 Å². The summed E-state index contributed by atoms with van der Waals surface area (Å²) < 4.78 is 0. The van der Waals surface area contributed by atoms with Crippen LogP contribution in [0.5, 0.6) is 0 Å². The van der Waals surface area contributed by atoms with Crippen LogP contribution in [0.3, 0.4) is 0 Å². The molecular weight excluding hydrogens is 264 g/mol. The molecule has 1 unspecified atom stereocenters. The fraction of sp³-hybridized carbons (Fsp3) is 0.462. The van der Waals surface area contributed by atoms with Crippen molar-refractivity contribution in [2.45, 2.75) is 26.7 Å². The highest BCUT2D eigenvalue weighted by molar-refractivity contribution is 7.18. The number of nitrogens with zero attached hydrogens (tertiary/aromatic N) is 1. The molecule has 5 nitrogen and oxygen atoms in total. The van der Waals surface area contributed by atoms with Crippen molar-refractivity contribution in [2.75, 3.05) is 5.73 Å². The Morgan fingerprint density at radius 2 is 2.21 bits per heavy atom. The van der Waals surface area contributed by atoms with Gasteiger partial charge < -0.3 is 10.8 Å². The number of hydrogen-bond donors (Lipinski definition) is 2. The summed E-state index contributed by atoms with van der Waals surface area (Å²) in [6.45, 7) is 3.67. The minimum atomic E-state index is -1.11. The van der Waals surface area contributed by atoms with Crippen molar-refractivity contribution in [1.82, 2.24) is 0 Å². The summed E-state index contributed by atoms with van der Waals surface area (Å²) in [4.78, 5) is 24.1. The summed E-state index contributed by atoms with van der Waals surface area (Å²) >= 11 is 0.985. The smallest absolute Gasteiger partial charge is 0.338 e. The monoisotopic (exact) mass is 278 g/mol. The highest BCUT2D eigenvalue weighted by Crippen LogP contribution is 2.46. The van der Waals surface area contributed by atoms with E-state index in [1.54, 1.807) is 0 Å². The van der Waals surface area contributed by atoms with E-state index >= 15 is 0 Å². The van der Waals surface area contributed by atoms with Crippen molar-refractivity contribution >= 4 is 28.1 Å². The third kappa shape index (κ3) is 1.73. The maximum absolute atomic E-state index is 12.5. The maximum Gasteiger partial charge on any atom is 0.338 e. The lowest BCUT2D eigenvalue weighted by atomic mass is 9.67. The fourth-order valence-electron chi connectivity index (χ4n) is 2.57. The van der Waals surface area contributed by atoms with E-state index in [0.29, 0.717) is 23.3 Å². The lowest BCUT2D eigenvalue weighted by molar-refractivity contribution is 0.0696. The average molecular weight is 278 g/mol. The van der Waals surface area contributed by atoms with E-state index in [0.717, 1.165) is 11.3 Å². The average Bonchev–Trinajstić information content (AvgIpc) is 2.67. The third-order valence-corrected chi connectivity index (χ3v) is 4.87. The van der Waals surface area contributed by atoms with E-state index in [4.69, 9.17) is 10.8 Å². The molecule has 0 fully saturated rings. The minimum absolute atomic E-state index is 0.0312. The van der Waals surface area contributed by atoms with E-state index in [1.165, 1.54) is 0 Å². The van der Waals surface area contributed by atoms with E-state index in [-0.39, 0.29) is 22.3 Å². The molecule has 1 atom stereocenters. The number of carboxylic acid groups (broad SMARTS) is 1. The SMILES string of the molecule is CC(C)C1(C#N)CCc2c(sc(N)c2C(=O)O)C1=O. The Labute approximate surface area is 114 Å². The number of aromatic carboxylic acids is 1. The van der Waals surface area contributed by atoms with Gasteiger partial charge in [0.05, 0.1) is 16.5 Å². The molecule has 2 rings (SSSR count). The Hall–Kier alpha value is -1.87. The van der Waals surface area contributed by atoms with E-state index in [1.807, 2.05) is 13.8 Å². The third-order valence-electron chi connectivity index (χ3n) is 3.81. The summed E-state index contributed by atoms with van der Waals surface area (Å²) in [6, 6.07) is 2.13. The van der Waals surface area contributed by atoms with Crippen molar-refractivity contribution in [3.63, 3.8) is 0 Å². The number of rotatable bonds is 2. The number of nitrogens with two attached hydrogens (primary N) is 1. The van der Waals surface area contributed by atoms with E-state index in [2.05, 4.69) is 6.07 Å². The van der Waals surface area contributed by atoms with Crippen LogP contribution in [0.2, 0.25) is 0 Å². The predicted molar refractivity (Wildman–Crippen MR) is 71.2 cm³/mol. The van der Waals surface area contributed by atoms with Crippen LogP contribution in [-0.2, 0) is 6.42 Å². The van der Waals surface area contributed by atoms with Gasteiger partial charge in [0.15, 0.2) is 5.78 Å². The molecule has 19 heavy (non-hydrogen) atoms. The number of ketones is 1. The first kappa shape index (κ1) is 13.6. The second kappa shape index (κ2) is 4.35. The second-order valence-electron chi connectivity index (χ2n) is 5.02. The summed E-state index contributed by atoms with van der Waals surface area (Å²) in [5.41, 5.74) is 5.16. The first-order valence-electron chi connectivity index (χ1n) is 5.95. The van der Waals surface area contributed by atoms with E-state index < -0.39 is 11.4 Å². The number of carbonyl (C=O) groups excluding carboxylic acids is 1. The molecule has 0 aromatic carbocycles. The van der Waals surface area contributed by atoms with Gasteiger partial charge in [0.1, 0.15) is 10.4 Å². The summed E-state index contributed by atoms with van der Waals surface area (Å²) in [5.74, 6) is -1.51. The Balaban J connectivity index is 2.62. The zero-order chi connectivity index (χ0) is 14.4. The molecular formula is C13H14N2O3S. The zero-order valence-electron chi connectivity index (χ0n) is 10.7. The Morgan fingerprint density at radius 1 is 1.58 bits per heavy atom. The normalized spacial score (nSPS) is 22.1. The maximum atomic E-state index is 12.5. The fourth-order valence-corrected chi connectivity index (χ4v) is 3.70. The van der Waals surface area contributed by atoms with Crippen LogP contribution in [0.1, 0.15) is 45.9 Å². The Kier molecular flexibility index (Phi) is 3.11. The molecule has 0 radical (unpaired) electrons. The number of nitrogen functional groups attached to an aromatic ring is 1. The molecule has 6 heteroatoms. The standard InChI is InChI=1S/C13H14N2O3S/c1-6(2)13(5-14)4-3-7-8(12(17)18)11(15)19-9(7)10(13)16/h6H,3-4,15H2,1-2H3,(H,17,18). The number of anilines is 1. The molecule has 1 aliphatic carbocycles. The van der Waals surface area contributed by atoms with Gasteiger partial charge in [0, 0.05) is 0 Å². The van der Waals surface area contributed by atoms with Crippen LogP contribution < -0.4 is 5.73 Å². The first-order chi connectivity index (χ1) is 8.85. The lowest BCUT2D eigenvalue weighted by Crippen LogP contribution is -2.38. The summed E-state index contributed by atoms with van der Waals surface area (Å²) in [5, 5.41) is 18.7. The molecule has 1 heterocycles. The largest absolute Gasteiger partial charge is 0.478 e. The number of hydrogen-bond acceptors (Lipinski definition) is 5. The summed E-state index contributed by atoms with van der Waals surface area (Å²) in [7, 11) is 0. The number of carboxylic acids is 1. The second-order valence-corrected chi connectivity index (χ2v) is 6.07. The van der Waals surface area contributed by atoms with Crippen molar-refractivity contribution in [1.29, 1.82) is 5.26 Å². The molecule has 3 N–H and O–H groups in total. The van der Waals surface area contributed by atoms with Crippen LogP contribution in [-0.4, -0.2) is 16.9 Å². The van der Waals surface area contributed by atoms with E-state index in [9.17, 15) is 14.9 Å². The molecule has 0 saturated heterocycles. The van der Waals surface area contributed by atoms with Gasteiger partial charge >= 0.3 is 5.97 Å². The lowest BCUT2D eigenvalue weighted by Gasteiger charge is -2.32. The predicted octanol–water partition coefficient (Wildman–Crippen LogP) is 2.32. The molecule has 0 bridgehead atoms. The zero-order valence-corrected chi connectivity index (χ0v) is 11.5. The number of fused-ring (bicyclic) bond motifs is 1. The van der Waals surface area contributed by atoms with Crippen LogP contribution in [0, 0.1) is 22.7 Å². The molecule has 0 amide bonds. The Morgan fingerprint density at radius 3 is 2.68 bits per heavy atom. The number of Topliss-reactive ketones (excluding diaryl/α,β-unsaturated/α-hetero) is 1. The van der Waals surface area contributed by atoms with Gasteiger partial charge in [0.25, 0.3) is 0 Å². The Bertz CT molecular complexity index is 612. The molecule has 0 saturated carbocycles. The molecule has 1 aromatic heterocycles. The van der Waals surface area contributed by atoms with Crippen molar-refractivity contribution < 1.29 is 14.7 Å². The van der Waals surface area contributed by atoms with Gasteiger partial charge in [-0.1, -0.05) is 13.8 Å². The van der Waals surface area contributed by atoms with Crippen LogP contribution in [0.15, 0.2) is 0 Å². The van der Waals surface area contributed by atoms with Gasteiger partial charge in [-0.25, -0.2) is 4.79 Å². The number of carbonyl (C=O) groups is 2. The van der Waals surface area contributed by atoms with Gasteiger partial charge in [-0.3, -0.25) is 4.79 Å². The quantitative estimate of drug-likeness (QED) is 0.863. The number of thiophene rings is 1. The molecule has 100 valence electrons. The molecule has 0 spiro atoms. The number of nitriles is 1. The minimum Gasteiger partial charge on any atom is -0.478 e. The van der Waals surface area contributed by atoms with Crippen LogP contribution in [0.4, 0.5) is 5.00 Å². The van der Waals surface area contributed by atoms with Gasteiger partial charge in [-0.2, -0.15) is 5.26 Å². The molecule has 1 aromatic rings. The van der Waals surface area contributed by atoms with Crippen molar-refractivity contribution in [2.24, 2.45) is 11.3 Å². The summed E-state index contributed by atoms with van der Waals surface area (Å²) in [6.07, 6.45) is 0.756. The highest BCUT2D eigenvalue weighted by atomic mass is 32.1. The van der Waals surface area contributed by atoms with Gasteiger partial charge in [-0.05, 0) is 24.3 Å². The molecule has 1 aliphatic rings. The van der Waals surface area contributed by atoms with Crippen LogP contribution >= 0.6 is 11.3 Å². The molecule has 0 aliphatic heterocycles. The highest BCUT2D eigenvalue weighted by Gasteiger charge is 2.47.